The molecule has 3 rings (SSSR count). The molecule has 136 valence electrons. The van der Waals surface area contributed by atoms with E-state index in [-0.39, 0.29) is 0 Å². The molecule has 2 aromatic rings. The van der Waals surface area contributed by atoms with Gasteiger partial charge in [0.1, 0.15) is 0 Å². The average Bonchev–Trinajstić information content (AvgIpc) is 3.08. The van der Waals surface area contributed by atoms with Gasteiger partial charge in [-0.3, -0.25) is 10.00 Å². The van der Waals surface area contributed by atoms with Crippen LogP contribution in [-0.2, 0) is 13.0 Å². The molecule has 0 amide bonds. The summed E-state index contributed by atoms with van der Waals surface area (Å²) < 4.78 is 11.4. The van der Waals surface area contributed by atoms with E-state index < -0.39 is 0 Å². The zero-order valence-corrected chi connectivity index (χ0v) is 15.6. The highest BCUT2D eigenvalue weighted by Gasteiger charge is 2.22. The van der Waals surface area contributed by atoms with Gasteiger partial charge in [-0.05, 0) is 31.2 Å². The van der Waals surface area contributed by atoms with Gasteiger partial charge in [0.05, 0.1) is 19.4 Å². The molecule has 0 radical (unpaired) electrons. The van der Waals surface area contributed by atoms with Crippen LogP contribution in [0.2, 0.25) is 0 Å². The number of nitrogens with one attached hydrogen (secondary N) is 1. The Morgan fingerprint density at radius 3 is 2.84 bits per heavy atom. The number of H-pyrrole nitrogens is 1. The largest absolute Gasteiger partial charge is 0.493 e. The Morgan fingerprint density at radius 1 is 1.20 bits per heavy atom. The Hall–Kier alpha value is -2.01. The van der Waals surface area contributed by atoms with Crippen LogP contribution in [0.25, 0.3) is 11.3 Å². The maximum atomic E-state index is 5.89. The van der Waals surface area contributed by atoms with E-state index >= 15 is 0 Å². The Morgan fingerprint density at radius 2 is 2.08 bits per heavy atom. The number of likely N-dealkylation sites (N-methyl/N-ethyl adjacent to an activating group) is 1. The van der Waals surface area contributed by atoms with Crippen LogP contribution in [0.5, 0.6) is 11.5 Å². The highest BCUT2D eigenvalue weighted by Crippen LogP contribution is 2.35. The van der Waals surface area contributed by atoms with Crippen molar-refractivity contribution in [3.63, 3.8) is 0 Å². The molecule has 5 heteroatoms. The lowest BCUT2D eigenvalue weighted by Crippen LogP contribution is -2.30. The lowest BCUT2D eigenvalue weighted by molar-refractivity contribution is 0.267. The predicted octanol–water partition coefficient (Wildman–Crippen LogP) is 4.03. The summed E-state index contributed by atoms with van der Waals surface area (Å²) in [6.07, 6.45) is 4.49. The highest BCUT2D eigenvalue weighted by molar-refractivity contribution is 5.68. The molecule has 0 atom stereocenters. The van der Waals surface area contributed by atoms with Crippen molar-refractivity contribution in [3.8, 4) is 22.8 Å². The Labute approximate surface area is 150 Å². The monoisotopic (exact) mass is 343 g/mol. The van der Waals surface area contributed by atoms with Crippen LogP contribution in [0.1, 0.15) is 44.4 Å². The lowest BCUT2D eigenvalue weighted by atomic mass is 10.0. The number of hydrogen-bond acceptors (Lipinski definition) is 4. The number of nitrogens with zero attached hydrogens (tertiary/aromatic N) is 2. The van der Waals surface area contributed by atoms with E-state index in [1.165, 1.54) is 24.1 Å². The van der Waals surface area contributed by atoms with Crippen molar-refractivity contribution in [2.45, 2.75) is 46.1 Å². The maximum Gasteiger partial charge on any atom is 0.161 e. The lowest BCUT2D eigenvalue weighted by Gasteiger charge is -2.25. The van der Waals surface area contributed by atoms with Crippen molar-refractivity contribution in [1.82, 2.24) is 15.1 Å². The van der Waals surface area contributed by atoms with Crippen LogP contribution >= 0.6 is 0 Å². The summed E-state index contributed by atoms with van der Waals surface area (Å²) in [5, 5.41) is 7.80. The quantitative estimate of drug-likeness (QED) is 0.735. The molecule has 1 aromatic carbocycles. The summed E-state index contributed by atoms with van der Waals surface area (Å²) in [5.41, 5.74) is 4.68. The number of aromatic amines is 1. The van der Waals surface area contributed by atoms with Crippen LogP contribution < -0.4 is 9.47 Å². The van der Waals surface area contributed by atoms with E-state index in [0.29, 0.717) is 0 Å². The molecule has 1 aliphatic rings. The Bertz CT molecular complexity index is 696. The third kappa shape index (κ3) is 3.98. The molecule has 0 bridgehead atoms. The normalized spacial score (nSPS) is 14.4. The molecule has 1 N–H and O–H groups in total. The Balaban J connectivity index is 1.81. The van der Waals surface area contributed by atoms with Crippen LogP contribution in [0.4, 0.5) is 0 Å². The van der Waals surface area contributed by atoms with Crippen molar-refractivity contribution in [1.29, 1.82) is 0 Å². The second-order valence-electron chi connectivity index (χ2n) is 6.57. The summed E-state index contributed by atoms with van der Waals surface area (Å²) in [6.45, 7) is 8.25. The zero-order valence-electron chi connectivity index (χ0n) is 15.6. The SMILES string of the molecule is CCCCCOc1ccc(-c2n[nH]c3c2CN(CC)CC3)cc1OC. The van der Waals surface area contributed by atoms with E-state index in [2.05, 4.69) is 35.0 Å². The molecule has 1 aliphatic heterocycles. The minimum atomic E-state index is 0.729. The molecule has 5 nitrogen and oxygen atoms in total. The average molecular weight is 343 g/mol. The van der Waals surface area contributed by atoms with Gasteiger partial charge in [0.2, 0.25) is 0 Å². The first kappa shape index (κ1) is 17.8. The first-order valence-electron chi connectivity index (χ1n) is 9.36. The molecule has 0 unspecified atom stereocenters. The fraction of sp³-hybridized carbons (Fsp3) is 0.550. The third-order valence-electron chi connectivity index (χ3n) is 4.90. The summed E-state index contributed by atoms with van der Waals surface area (Å²) in [5.74, 6) is 1.58. The molecule has 0 fully saturated rings. The fourth-order valence-electron chi connectivity index (χ4n) is 3.33. The molecule has 2 heterocycles. The van der Waals surface area contributed by atoms with Crippen molar-refractivity contribution < 1.29 is 9.47 Å². The number of ether oxygens (including phenoxy) is 2. The molecule has 25 heavy (non-hydrogen) atoms. The molecular formula is C20H29N3O2. The molecule has 0 saturated heterocycles. The molecule has 0 spiro atoms. The van der Waals surface area contributed by atoms with Gasteiger partial charge in [0, 0.05) is 36.3 Å². The fourth-order valence-corrected chi connectivity index (χ4v) is 3.33. The van der Waals surface area contributed by atoms with Crippen LogP contribution in [0, 0.1) is 0 Å². The third-order valence-corrected chi connectivity index (χ3v) is 4.90. The molecule has 1 aromatic heterocycles. The first-order chi connectivity index (χ1) is 12.3. The van der Waals surface area contributed by atoms with Crippen molar-refractivity contribution in [2.75, 3.05) is 26.8 Å². The number of unbranched alkanes of at least 4 members (excludes halogenated alkanes) is 2. The minimum Gasteiger partial charge on any atom is -0.493 e. The smallest absolute Gasteiger partial charge is 0.161 e. The second kappa shape index (κ2) is 8.39. The summed E-state index contributed by atoms with van der Waals surface area (Å²) in [6, 6.07) is 6.12. The number of methoxy groups -OCH3 is 1. The van der Waals surface area contributed by atoms with Gasteiger partial charge in [-0.25, -0.2) is 0 Å². The number of benzene rings is 1. The van der Waals surface area contributed by atoms with Crippen LogP contribution in [0.3, 0.4) is 0 Å². The van der Waals surface area contributed by atoms with Gasteiger partial charge in [-0.2, -0.15) is 5.10 Å². The van der Waals surface area contributed by atoms with E-state index in [0.717, 1.165) is 61.8 Å². The van der Waals surface area contributed by atoms with Gasteiger partial charge in [0.25, 0.3) is 0 Å². The van der Waals surface area contributed by atoms with E-state index in [1.54, 1.807) is 7.11 Å². The van der Waals surface area contributed by atoms with E-state index in [4.69, 9.17) is 9.47 Å². The summed E-state index contributed by atoms with van der Waals surface area (Å²) in [7, 11) is 1.69. The standard InChI is InChI=1S/C20H29N3O2/c1-4-6-7-12-25-18-9-8-15(13-19(18)24-3)20-16-14-23(5-2)11-10-17(16)21-22-20/h8-9,13H,4-7,10-12,14H2,1-3H3,(H,21,22). The second-order valence-corrected chi connectivity index (χ2v) is 6.57. The molecular weight excluding hydrogens is 314 g/mol. The predicted molar refractivity (Wildman–Crippen MR) is 100 cm³/mol. The zero-order chi connectivity index (χ0) is 17.6. The molecule has 0 saturated carbocycles. The Kier molecular flexibility index (Phi) is 5.97. The maximum absolute atomic E-state index is 5.89. The summed E-state index contributed by atoms with van der Waals surface area (Å²) in [4.78, 5) is 2.45. The minimum absolute atomic E-state index is 0.729. The molecule has 0 aliphatic carbocycles. The van der Waals surface area contributed by atoms with Crippen molar-refractivity contribution in [3.05, 3.63) is 29.5 Å². The van der Waals surface area contributed by atoms with Crippen LogP contribution in [0.15, 0.2) is 18.2 Å². The number of hydrogen-bond donors (Lipinski definition) is 1. The topological polar surface area (TPSA) is 50.4 Å². The first-order valence-corrected chi connectivity index (χ1v) is 9.36. The van der Waals surface area contributed by atoms with Crippen LogP contribution in [-0.4, -0.2) is 41.9 Å². The van der Waals surface area contributed by atoms with Gasteiger partial charge >= 0.3 is 0 Å². The van der Waals surface area contributed by atoms with E-state index in [1.807, 2.05) is 12.1 Å². The highest BCUT2D eigenvalue weighted by atomic mass is 16.5. The van der Waals surface area contributed by atoms with Gasteiger partial charge in [-0.15, -0.1) is 0 Å². The van der Waals surface area contributed by atoms with Gasteiger partial charge in [-0.1, -0.05) is 26.7 Å². The van der Waals surface area contributed by atoms with Crippen molar-refractivity contribution in [2.24, 2.45) is 0 Å². The van der Waals surface area contributed by atoms with Gasteiger partial charge < -0.3 is 9.47 Å². The summed E-state index contributed by atoms with van der Waals surface area (Å²) >= 11 is 0. The van der Waals surface area contributed by atoms with E-state index in [9.17, 15) is 0 Å². The van der Waals surface area contributed by atoms with Gasteiger partial charge in [0.15, 0.2) is 11.5 Å². The number of fused-ring (bicyclic) bond motifs is 1. The number of rotatable bonds is 8. The van der Waals surface area contributed by atoms with Crippen molar-refractivity contribution >= 4 is 0 Å². The number of aromatic nitrogens is 2.